The van der Waals surface area contributed by atoms with Crippen molar-refractivity contribution in [3.63, 3.8) is 0 Å². The van der Waals surface area contributed by atoms with Crippen molar-refractivity contribution < 1.29 is 24.1 Å². The van der Waals surface area contributed by atoms with Crippen molar-refractivity contribution in [3.05, 3.63) is 54.6 Å². The molecule has 1 atom stereocenters. The van der Waals surface area contributed by atoms with Crippen LogP contribution in [0.3, 0.4) is 0 Å². The molecule has 25 heavy (non-hydrogen) atoms. The van der Waals surface area contributed by atoms with E-state index in [2.05, 4.69) is 4.98 Å². The van der Waals surface area contributed by atoms with E-state index >= 15 is 0 Å². The van der Waals surface area contributed by atoms with E-state index in [9.17, 15) is 4.79 Å². The number of carboxylic acids is 1. The van der Waals surface area contributed by atoms with Crippen LogP contribution in [0.25, 0.3) is 10.9 Å². The van der Waals surface area contributed by atoms with Crippen molar-refractivity contribution in [1.82, 2.24) is 4.98 Å². The third-order valence-corrected chi connectivity index (χ3v) is 3.58. The van der Waals surface area contributed by atoms with Crippen LogP contribution < -0.4 is 14.2 Å². The summed E-state index contributed by atoms with van der Waals surface area (Å²) in [5, 5.41) is 9.84. The summed E-state index contributed by atoms with van der Waals surface area (Å²) in [4.78, 5) is 15.3. The van der Waals surface area contributed by atoms with Gasteiger partial charge in [0.1, 0.15) is 17.2 Å². The molecule has 0 saturated heterocycles. The first-order valence-electron chi connectivity index (χ1n) is 7.67. The largest absolute Gasteiger partial charge is 0.497 e. The number of ether oxygens (including phenoxy) is 3. The average molecular weight is 339 g/mol. The van der Waals surface area contributed by atoms with Crippen LogP contribution in [-0.4, -0.2) is 29.3 Å². The van der Waals surface area contributed by atoms with E-state index in [-0.39, 0.29) is 0 Å². The number of carboxylic acid groups (broad SMARTS) is 1. The van der Waals surface area contributed by atoms with Gasteiger partial charge in [-0.15, -0.1) is 0 Å². The Bertz CT molecular complexity index is 892. The summed E-state index contributed by atoms with van der Waals surface area (Å²) >= 11 is 0. The highest BCUT2D eigenvalue weighted by Gasteiger charge is 2.12. The number of methoxy groups -OCH3 is 1. The van der Waals surface area contributed by atoms with Crippen molar-refractivity contribution in [2.24, 2.45) is 0 Å². The van der Waals surface area contributed by atoms with Gasteiger partial charge in [0.05, 0.1) is 12.6 Å². The molecule has 0 saturated carbocycles. The Hall–Kier alpha value is -3.28. The quantitative estimate of drug-likeness (QED) is 0.734. The molecule has 0 aliphatic heterocycles. The van der Waals surface area contributed by atoms with Gasteiger partial charge in [-0.2, -0.15) is 0 Å². The van der Waals surface area contributed by atoms with Gasteiger partial charge in [-0.3, -0.25) is 0 Å². The fourth-order valence-electron chi connectivity index (χ4n) is 2.22. The molecular weight excluding hydrogens is 322 g/mol. The Kier molecular flexibility index (Phi) is 4.70. The van der Waals surface area contributed by atoms with E-state index in [0.717, 1.165) is 16.7 Å². The van der Waals surface area contributed by atoms with Gasteiger partial charge in [-0.1, -0.05) is 0 Å². The van der Waals surface area contributed by atoms with Crippen molar-refractivity contribution in [1.29, 1.82) is 0 Å². The predicted molar refractivity (Wildman–Crippen MR) is 92.5 cm³/mol. The molecule has 2 aromatic carbocycles. The van der Waals surface area contributed by atoms with Crippen LogP contribution in [0.4, 0.5) is 0 Å². The molecule has 3 aromatic rings. The van der Waals surface area contributed by atoms with Crippen LogP contribution in [-0.2, 0) is 4.79 Å². The van der Waals surface area contributed by atoms with Gasteiger partial charge in [-0.05, 0) is 49.4 Å². The zero-order valence-corrected chi connectivity index (χ0v) is 13.8. The fourth-order valence-corrected chi connectivity index (χ4v) is 2.22. The topological polar surface area (TPSA) is 77.9 Å². The normalized spacial score (nSPS) is 11.8. The van der Waals surface area contributed by atoms with Crippen LogP contribution in [0.2, 0.25) is 0 Å². The van der Waals surface area contributed by atoms with Crippen LogP contribution >= 0.6 is 0 Å². The van der Waals surface area contributed by atoms with E-state index in [1.807, 2.05) is 24.3 Å². The first-order chi connectivity index (χ1) is 12.0. The second-order valence-corrected chi connectivity index (χ2v) is 5.38. The van der Waals surface area contributed by atoms with Crippen LogP contribution in [0.15, 0.2) is 54.6 Å². The smallest absolute Gasteiger partial charge is 0.344 e. The molecule has 0 spiro atoms. The lowest BCUT2D eigenvalue weighted by atomic mass is 10.2. The Labute approximate surface area is 144 Å². The van der Waals surface area contributed by atoms with Gasteiger partial charge >= 0.3 is 5.97 Å². The maximum absolute atomic E-state index is 10.8. The number of pyridine rings is 1. The lowest BCUT2D eigenvalue weighted by molar-refractivity contribution is -0.144. The van der Waals surface area contributed by atoms with Crippen molar-refractivity contribution in [3.8, 4) is 23.1 Å². The molecule has 0 aliphatic rings. The highest BCUT2D eigenvalue weighted by atomic mass is 16.5. The zero-order chi connectivity index (χ0) is 17.8. The summed E-state index contributed by atoms with van der Waals surface area (Å²) in [5.74, 6) is 1.19. The third kappa shape index (κ3) is 3.98. The molecule has 0 bridgehead atoms. The number of carbonyl (C=O) groups is 1. The molecule has 0 radical (unpaired) electrons. The minimum Gasteiger partial charge on any atom is -0.497 e. The van der Waals surface area contributed by atoms with E-state index in [0.29, 0.717) is 17.4 Å². The van der Waals surface area contributed by atoms with Crippen molar-refractivity contribution in [2.45, 2.75) is 13.0 Å². The standard InChI is InChI=1S/C19H17NO5/c1-12(19(21)22)24-14-6-8-15(9-7-14)25-18-10-4-13-3-5-16(23-2)11-17(13)20-18/h3-12H,1-2H3,(H,21,22)/t12-/m1/s1. The summed E-state index contributed by atoms with van der Waals surface area (Å²) in [7, 11) is 1.61. The monoisotopic (exact) mass is 339 g/mol. The number of rotatable bonds is 6. The third-order valence-electron chi connectivity index (χ3n) is 3.58. The molecule has 0 unspecified atom stereocenters. The SMILES string of the molecule is COc1ccc2ccc(Oc3ccc(O[C@H](C)C(=O)O)cc3)nc2c1. The van der Waals surface area contributed by atoms with E-state index < -0.39 is 12.1 Å². The van der Waals surface area contributed by atoms with Gasteiger partial charge in [0.2, 0.25) is 5.88 Å². The maximum Gasteiger partial charge on any atom is 0.344 e. The zero-order valence-electron chi connectivity index (χ0n) is 13.8. The summed E-state index contributed by atoms with van der Waals surface area (Å²) < 4.78 is 16.2. The second-order valence-electron chi connectivity index (χ2n) is 5.38. The average Bonchev–Trinajstić information content (AvgIpc) is 2.62. The first-order valence-corrected chi connectivity index (χ1v) is 7.67. The number of hydrogen-bond acceptors (Lipinski definition) is 5. The lowest BCUT2D eigenvalue weighted by Gasteiger charge is -2.11. The molecule has 0 aliphatic carbocycles. The van der Waals surface area contributed by atoms with Gasteiger partial charge in [0.25, 0.3) is 0 Å². The van der Waals surface area contributed by atoms with Crippen LogP contribution in [0.5, 0.6) is 23.1 Å². The van der Waals surface area contributed by atoms with E-state index in [1.54, 1.807) is 37.4 Å². The molecular formula is C19H17NO5. The lowest BCUT2D eigenvalue weighted by Crippen LogP contribution is -2.22. The number of nitrogens with zero attached hydrogens (tertiary/aromatic N) is 1. The molecule has 0 fully saturated rings. The Morgan fingerprint density at radius 2 is 1.64 bits per heavy atom. The molecule has 1 N–H and O–H groups in total. The summed E-state index contributed by atoms with van der Waals surface area (Å²) in [6, 6.07) is 16.0. The van der Waals surface area contributed by atoms with Gasteiger partial charge < -0.3 is 19.3 Å². The number of benzene rings is 2. The summed E-state index contributed by atoms with van der Waals surface area (Å²) in [5.41, 5.74) is 0.770. The Morgan fingerprint density at radius 1 is 1.00 bits per heavy atom. The number of aromatic nitrogens is 1. The minimum absolute atomic E-state index is 0.452. The molecule has 1 aromatic heterocycles. The second kappa shape index (κ2) is 7.09. The molecule has 1 heterocycles. The van der Waals surface area contributed by atoms with Crippen LogP contribution in [0, 0.1) is 0 Å². The Balaban J connectivity index is 1.75. The highest BCUT2D eigenvalue weighted by molar-refractivity contribution is 5.80. The molecule has 128 valence electrons. The van der Waals surface area contributed by atoms with E-state index in [4.69, 9.17) is 19.3 Å². The molecule has 6 nitrogen and oxygen atoms in total. The predicted octanol–water partition coefficient (Wildman–Crippen LogP) is 3.89. The summed E-state index contributed by atoms with van der Waals surface area (Å²) in [6.07, 6.45) is -0.913. The Morgan fingerprint density at radius 3 is 2.32 bits per heavy atom. The van der Waals surface area contributed by atoms with Crippen molar-refractivity contribution in [2.75, 3.05) is 7.11 Å². The maximum atomic E-state index is 10.8. The van der Waals surface area contributed by atoms with Crippen molar-refractivity contribution >= 4 is 16.9 Å². The molecule has 3 rings (SSSR count). The van der Waals surface area contributed by atoms with E-state index in [1.165, 1.54) is 6.92 Å². The number of aliphatic carboxylic acids is 1. The number of fused-ring (bicyclic) bond motifs is 1. The van der Waals surface area contributed by atoms with Gasteiger partial charge in [-0.25, -0.2) is 9.78 Å². The van der Waals surface area contributed by atoms with Crippen LogP contribution in [0.1, 0.15) is 6.92 Å². The van der Waals surface area contributed by atoms with Gasteiger partial charge in [0, 0.05) is 17.5 Å². The number of hydrogen-bond donors (Lipinski definition) is 1. The summed E-state index contributed by atoms with van der Waals surface area (Å²) in [6.45, 7) is 1.47. The molecule has 0 amide bonds. The first kappa shape index (κ1) is 16.6. The highest BCUT2D eigenvalue weighted by Crippen LogP contribution is 2.26. The fraction of sp³-hybridized carbons (Fsp3) is 0.158. The molecule has 6 heteroatoms. The van der Waals surface area contributed by atoms with Gasteiger partial charge in [0.15, 0.2) is 6.10 Å². The minimum atomic E-state index is -1.02.